The summed E-state index contributed by atoms with van der Waals surface area (Å²) >= 11 is 0. The quantitative estimate of drug-likeness (QED) is 0.176. The molecule has 0 spiro atoms. The van der Waals surface area contributed by atoms with Gasteiger partial charge in [-0.25, -0.2) is 0 Å². The predicted molar refractivity (Wildman–Crippen MR) is 121 cm³/mol. The second kappa shape index (κ2) is 17.3. The minimum atomic E-state index is -0.165. The van der Waals surface area contributed by atoms with E-state index < -0.39 is 0 Å². The highest BCUT2D eigenvalue weighted by Gasteiger charge is 2.03. The molecule has 158 valence electrons. The molecular formula is C25H41NO2. The van der Waals surface area contributed by atoms with Crippen LogP contribution >= 0.6 is 0 Å². The van der Waals surface area contributed by atoms with Gasteiger partial charge >= 0.3 is 5.97 Å². The van der Waals surface area contributed by atoms with E-state index in [1.807, 2.05) is 31.2 Å². The number of hydrogen-bond donors (Lipinski definition) is 1. The molecule has 0 aliphatic rings. The zero-order chi connectivity index (χ0) is 20.3. The van der Waals surface area contributed by atoms with E-state index in [2.05, 4.69) is 24.4 Å². The molecule has 28 heavy (non-hydrogen) atoms. The zero-order valence-corrected chi connectivity index (χ0v) is 18.2. The Kier molecular flexibility index (Phi) is 15.0. The highest BCUT2D eigenvalue weighted by atomic mass is 16.5. The van der Waals surface area contributed by atoms with Gasteiger partial charge in [-0.1, -0.05) is 76.2 Å². The monoisotopic (exact) mass is 387 g/mol. The Morgan fingerprint density at radius 3 is 2.11 bits per heavy atom. The molecule has 0 aromatic heterocycles. The van der Waals surface area contributed by atoms with Crippen LogP contribution in [0.4, 0.5) is 5.69 Å². The maximum Gasteiger partial charge on any atom is 0.310 e. The first-order chi connectivity index (χ1) is 13.8. The van der Waals surface area contributed by atoms with Crippen LogP contribution < -0.4 is 5.32 Å². The van der Waals surface area contributed by atoms with Crippen molar-refractivity contribution in [3.05, 3.63) is 42.0 Å². The summed E-state index contributed by atoms with van der Waals surface area (Å²) in [5.74, 6) is -0.165. The van der Waals surface area contributed by atoms with Gasteiger partial charge in [0, 0.05) is 12.2 Å². The smallest absolute Gasteiger partial charge is 0.310 e. The number of esters is 1. The van der Waals surface area contributed by atoms with Crippen LogP contribution in [0.2, 0.25) is 0 Å². The lowest BCUT2D eigenvalue weighted by atomic mass is 10.1. The average Bonchev–Trinajstić information content (AvgIpc) is 2.69. The van der Waals surface area contributed by atoms with Gasteiger partial charge in [0.05, 0.1) is 13.0 Å². The van der Waals surface area contributed by atoms with Crippen molar-refractivity contribution in [1.29, 1.82) is 0 Å². The number of benzene rings is 1. The molecule has 1 aromatic rings. The van der Waals surface area contributed by atoms with Crippen molar-refractivity contribution >= 4 is 11.7 Å². The Hall–Kier alpha value is -1.77. The molecule has 0 heterocycles. The fraction of sp³-hybridized carbons (Fsp3) is 0.640. The lowest BCUT2D eigenvalue weighted by Crippen LogP contribution is -2.07. The largest absolute Gasteiger partial charge is 0.466 e. The molecule has 1 aromatic carbocycles. The highest BCUT2D eigenvalue weighted by Crippen LogP contribution is 2.12. The predicted octanol–water partition coefficient (Wildman–Crippen LogP) is 7.07. The standard InChI is InChI=1S/C25H41NO2/c1-3-5-6-7-8-9-10-11-12-13-14-15-16-21-26-24-19-17-23(18-20-24)22-25(27)28-4-2/h13-14,17-20,26H,3-12,15-16,21-22H2,1-2H3/b14-13+. The molecule has 0 saturated heterocycles. The van der Waals surface area contributed by atoms with E-state index in [1.54, 1.807) is 0 Å². The molecule has 0 atom stereocenters. The molecule has 0 unspecified atom stereocenters. The van der Waals surface area contributed by atoms with Crippen molar-refractivity contribution in [3.8, 4) is 0 Å². The van der Waals surface area contributed by atoms with Crippen LogP contribution in [0.5, 0.6) is 0 Å². The third-order valence-corrected chi connectivity index (χ3v) is 4.88. The molecule has 3 nitrogen and oxygen atoms in total. The topological polar surface area (TPSA) is 38.3 Å². The maximum absolute atomic E-state index is 11.5. The summed E-state index contributed by atoms with van der Waals surface area (Å²) in [6.45, 7) is 5.51. The van der Waals surface area contributed by atoms with Gasteiger partial charge in [-0.2, -0.15) is 0 Å². The number of carbonyl (C=O) groups is 1. The fourth-order valence-electron chi connectivity index (χ4n) is 3.20. The Balaban J connectivity index is 1.98. The SMILES string of the molecule is CCCCCCCCCC/C=C/CCCNc1ccc(CC(=O)OCC)cc1. The van der Waals surface area contributed by atoms with E-state index in [1.165, 1.54) is 57.8 Å². The maximum atomic E-state index is 11.5. The van der Waals surface area contributed by atoms with Gasteiger partial charge in [-0.15, -0.1) is 0 Å². The minimum Gasteiger partial charge on any atom is -0.466 e. The molecule has 0 fully saturated rings. The number of nitrogens with one attached hydrogen (secondary N) is 1. The Morgan fingerprint density at radius 1 is 0.857 bits per heavy atom. The average molecular weight is 388 g/mol. The number of ether oxygens (including phenoxy) is 1. The molecule has 0 radical (unpaired) electrons. The van der Waals surface area contributed by atoms with Crippen molar-refractivity contribution in [1.82, 2.24) is 0 Å². The third kappa shape index (κ3) is 13.4. The summed E-state index contributed by atoms with van der Waals surface area (Å²) in [6, 6.07) is 8.05. The lowest BCUT2D eigenvalue weighted by Gasteiger charge is -2.07. The lowest BCUT2D eigenvalue weighted by molar-refractivity contribution is -0.142. The number of hydrogen-bond acceptors (Lipinski definition) is 3. The second-order valence-corrected chi connectivity index (χ2v) is 7.48. The minimum absolute atomic E-state index is 0.165. The first-order valence-corrected chi connectivity index (χ1v) is 11.4. The number of anilines is 1. The van der Waals surface area contributed by atoms with Crippen LogP contribution in [0.25, 0.3) is 0 Å². The highest BCUT2D eigenvalue weighted by molar-refractivity contribution is 5.72. The van der Waals surface area contributed by atoms with Gasteiger partial charge in [0.1, 0.15) is 0 Å². The summed E-state index contributed by atoms with van der Waals surface area (Å²) in [5.41, 5.74) is 2.10. The molecule has 0 bridgehead atoms. The van der Waals surface area contributed by atoms with Crippen molar-refractivity contribution < 1.29 is 9.53 Å². The summed E-state index contributed by atoms with van der Waals surface area (Å²) in [4.78, 5) is 11.5. The number of rotatable bonds is 17. The van der Waals surface area contributed by atoms with E-state index in [4.69, 9.17) is 4.74 Å². The number of allylic oxidation sites excluding steroid dienone is 2. The fourth-order valence-corrected chi connectivity index (χ4v) is 3.20. The van der Waals surface area contributed by atoms with E-state index in [0.717, 1.165) is 30.6 Å². The molecule has 1 rings (SSSR count). The van der Waals surface area contributed by atoms with Crippen molar-refractivity contribution in [2.24, 2.45) is 0 Å². The van der Waals surface area contributed by atoms with Crippen molar-refractivity contribution in [2.45, 2.75) is 90.9 Å². The summed E-state index contributed by atoms with van der Waals surface area (Å²) in [6.07, 6.45) is 19.6. The number of carbonyl (C=O) groups excluding carboxylic acids is 1. The summed E-state index contributed by atoms with van der Waals surface area (Å²) in [5, 5.41) is 3.44. The Labute approximate surface area is 173 Å². The van der Waals surface area contributed by atoms with Gasteiger partial charge < -0.3 is 10.1 Å². The van der Waals surface area contributed by atoms with Crippen LogP contribution in [0.1, 0.15) is 90.0 Å². The van der Waals surface area contributed by atoms with Gasteiger partial charge in [0.15, 0.2) is 0 Å². The van der Waals surface area contributed by atoms with Gasteiger partial charge in [0.2, 0.25) is 0 Å². The third-order valence-electron chi connectivity index (χ3n) is 4.88. The van der Waals surface area contributed by atoms with Crippen LogP contribution in [0.15, 0.2) is 36.4 Å². The van der Waals surface area contributed by atoms with Crippen LogP contribution in [-0.2, 0) is 16.0 Å². The molecule has 0 amide bonds. The summed E-state index contributed by atoms with van der Waals surface area (Å²) < 4.78 is 4.97. The molecule has 0 aliphatic heterocycles. The van der Waals surface area contributed by atoms with Crippen LogP contribution in [0, 0.1) is 0 Å². The number of unbranched alkanes of at least 4 members (excludes halogenated alkanes) is 9. The van der Waals surface area contributed by atoms with Gasteiger partial charge in [-0.3, -0.25) is 4.79 Å². The molecule has 0 saturated carbocycles. The van der Waals surface area contributed by atoms with Crippen molar-refractivity contribution in [3.63, 3.8) is 0 Å². The van der Waals surface area contributed by atoms with Crippen molar-refractivity contribution in [2.75, 3.05) is 18.5 Å². The van der Waals surface area contributed by atoms with E-state index >= 15 is 0 Å². The first-order valence-electron chi connectivity index (χ1n) is 11.4. The molecular weight excluding hydrogens is 346 g/mol. The molecule has 0 aliphatic carbocycles. The van der Waals surface area contributed by atoms with Crippen LogP contribution in [-0.4, -0.2) is 19.1 Å². The van der Waals surface area contributed by atoms with E-state index in [-0.39, 0.29) is 5.97 Å². The Morgan fingerprint density at radius 2 is 1.46 bits per heavy atom. The molecule has 1 N–H and O–H groups in total. The summed E-state index contributed by atoms with van der Waals surface area (Å²) in [7, 11) is 0. The van der Waals surface area contributed by atoms with E-state index in [9.17, 15) is 4.79 Å². The Bertz CT molecular complexity index is 522. The second-order valence-electron chi connectivity index (χ2n) is 7.48. The zero-order valence-electron chi connectivity index (χ0n) is 18.2. The van der Waals surface area contributed by atoms with Gasteiger partial charge in [0.25, 0.3) is 0 Å². The van der Waals surface area contributed by atoms with E-state index in [0.29, 0.717) is 13.0 Å². The first kappa shape index (κ1) is 24.3. The van der Waals surface area contributed by atoms with Gasteiger partial charge in [-0.05, 0) is 50.3 Å². The normalized spacial score (nSPS) is 11.1. The molecule has 3 heteroatoms. The van der Waals surface area contributed by atoms with Crippen LogP contribution in [0.3, 0.4) is 0 Å².